The molecule has 0 aromatic carbocycles. The van der Waals surface area contributed by atoms with Gasteiger partial charge in [0.1, 0.15) is 0 Å². The summed E-state index contributed by atoms with van der Waals surface area (Å²) in [6, 6.07) is 0.107. The molecule has 0 unspecified atom stereocenters. The number of hydrogen-bond donors (Lipinski definition) is 0. The summed E-state index contributed by atoms with van der Waals surface area (Å²) >= 11 is 0. The lowest BCUT2D eigenvalue weighted by Gasteiger charge is -2.57. The average Bonchev–Trinajstić information content (AvgIpc) is 2.45. The summed E-state index contributed by atoms with van der Waals surface area (Å²) in [6.45, 7) is 5.59. The minimum Gasteiger partial charge on any atom is -0.379 e. The molecule has 0 aromatic heterocycles. The Morgan fingerprint density at radius 2 is 1.55 bits per heavy atom. The maximum absolute atomic E-state index is 13.2. The van der Waals surface area contributed by atoms with E-state index < -0.39 is 0 Å². The molecule has 112 valence electrons. The first-order valence-corrected chi connectivity index (χ1v) is 8.52. The van der Waals surface area contributed by atoms with Gasteiger partial charge in [0, 0.05) is 18.5 Å². The molecular formula is C17H27NO2. The highest BCUT2D eigenvalue weighted by Gasteiger charge is 2.55. The Morgan fingerprint density at radius 3 is 2.05 bits per heavy atom. The van der Waals surface area contributed by atoms with Crippen molar-refractivity contribution < 1.29 is 9.53 Å². The highest BCUT2D eigenvalue weighted by Crippen LogP contribution is 2.60. The average molecular weight is 277 g/mol. The number of rotatable bonds is 3. The van der Waals surface area contributed by atoms with Crippen molar-refractivity contribution in [3.05, 3.63) is 0 Å². The van der Waals surface area contributed by atoms with Gasteiger partial charge < -0.3 is 4.74 Å². The van der Waals surface area contributed by atoms with Crippen LogP contribution in [0.2, 0.25) is 0 Å². The van der Waals surface area contributed by atoms with Crippen molar-refractivity contribution in [2.75, 3.05) is 26.3 Å². The van der Waals surface area contributed by atoms with Crippen LogP contribution in [0, 0.1) is 23.2 Å². The lowest BCUT2D eigenvalue weighted by atomic mass is 9.48. The van der Waals surface area contributed by atoms with Gasteiger partial charge in [-0.1, -0.05) is 0 Å². The Morgan fingerprint density at radius 1 is 1.05 bits per heavy atom. The van der Waals surface area contributed by atoms with Gasteiger partial charge in [-0.25, -0.2) is 0 Å². The van der Waals surface area contributed by atoms with Crippen LogP contribution in [0.3, 0.4) is 0 Å². The zero-order chi connectivity index (χ0) is 13.7. The maximum Gasteiger partial charge on any atom is 0.155 e. The first kappa shape index (κ1) is 13.3. The van der Waals surface area contributed by atoms with Crippen LogP contribution in [0.15, 0.2) is 0 Å². The molecule has 0 amide bonds. The van der Waals surface area contributed by atoms with Crippen LogP contribution < -0.4 is 0 Å². The third-order valence-corrected chi connectivity index (χ3v) is 6.53. The van der Waals surface area contributed by atoms with E-state index in [1.165, 1.54) is 38.5 Å². The highest BCUT2D eigenvalue weighted by atomic mass is 16.5. The monoisotopic (exact) mass is 277 g/mol. The second-order valence-corrected chi connectivity index (χ2v) is 7.89. The SMILES string of the molecule is C[C@@H](C(=O)C12CC3CC(CC(C3)C1)C2)N1CCOCC1. The first-order chi connectivity index (χ1) is 9.66. The van der Waals surface area contributed by atoms with E-state index in [1.54, 1.807) is 0 Å². The van der Waals surface area contributed by atoms with Crippen LogP contribution in [0.1, 0.15) is 45.4 Å². The van der Waals surface area contributed by atoms with E-state index in [-0.39, 0.29) is 11.5 Å². The largest absolute Gasteiger partial charge is 0.379 e. The Bertz CT molecular complexity index is 365. The predicted octanol–water partition coefficient (Wildman–Crippen LogP) is 2.49. The summed E-state index contributed by atoms with van der Waals surface area (Å²) in [5, 5.41) is 0. The molecule has 0 spiro atoms. The molecule has 0 radical (unpaired) electrons. The Balaban J connectivity index is 1.52. The van der Waals surface area contributed by atoms with Crippen LogP contribution in [-0.4, -0.2) is 43.0 Å². The van der Waals surface area contributed by atoms with Crippen molar-refractivity contribution in [2.45, 2.75) is 51.5 Å². The summed E-state index contributed by atoms with van der Waals surface area (Å²) < 4.78 is 5.43. The lowest BCUT2D eigenvalue weighted by molar-refractivity contribution is -0.150. The van der Waals surface area contributed by atoms with Gasteiger partial charge in [0.15, 0.2) is 5.78 Å². The maximum atomic E-state index is 13.2. The number of nitrogens with zero attached hydrogens (tertiary/aromatic N) is 1. The van der Waals surface area contributed by atoms with Gasteiger partial charge in [0.25, 0.3) is 0 Å². The number of carbonyl (C=O) groups excluding carboxylic acids is 1. The molecule has 1 saturated heterocycles. The summed E-state index contributed by atoms with van der Waals surface area (Å²) in [7, 11) is 0. The zero-order valence-electron chi connectivity index (χ0n) is 12.6. The van der Waals surface area contributed by atoms with Gasteiger partial charge in [-0.3, -0.25) is 9.69 Å². The van der Waals surface area contributed by atoms with Crippen molar-refractivity contribution in [2.24, 2.45) is 23.2 Å². The van der Waals surface area contributed by atoms with Gasteiger partial charge in [-0.05, 0) is 63.2 Å². The molecule has 4 aliphatic carbocycles. The molecule has 5 aliphatic rings. The van der Waals surface area contributed by atoms with E-state index in [0.717, 1.165) is 44.1 Å². The minimum absolute atomic E-state index is 0.0620. The second-order valence-electron chi connectivity index (χ2n) is 7.89. The normalized spacial score (nSPS) is 45.5. The lowest BCUT2D eigenvalue weighted by Crippen LogP contribution is -2.56. The Hall–Kier alpha value is -0.410. The van der Waals surface area contributed by atoms with E-state index in [0.29, 0.717) is 5.78 Å². The first-order valence-electron chi connectivity index (χ1n) is 8.52. The number of hydrogen-bond acceptors (Lipinski definition) is 3. The van der Waals surface area contributed by atoms with Gasteiger partial charge in [-0.2, -0.15) is 0 Å². The van der Waals surface area contributed by atoms with Crippen molar-refractivity contribution in [3.8, 4) is 0 Å². The molecule has 5 rings (SSSR count). The number of ether oxygens (including phenoxy) is 1. The van der Waals surface area contributed by atoms with Gasteiger partial charge in [-0.15, -0.1) is 0 Å². The van der Waals surface area contributed by atoms with Crippen LogP contribution >= 0.6 is 0 Å². The second kappa shape index (κ2) is 4.81. The Kier molecular flexibility index (Phi) is 3.19. The van der Waals surface area contributed by atoms with Gasteiger partial charge in [0.2, 0.25) is 0 Å². The fourth-order valence-electron chi connectivity index (χ4n) is 5.99. The van der Waals surface area contributed by atoms with Crippen LogP contribution in [0.5, 0.6) is 0 Å². The van der Waals surface area contributed by atoms with E-state index in [9.17, 15) is 4.79 Å². The molecule has 1 atom stereocenters. The van der Waals surface area contributed by atoms with Gasteiger partial charge >= 0.3 is 0 Å². The molecule has 3 nitrogen and oxygen atoms in total. The Labute approximate surface area is 122 Å². The van der Waals surface area contributed by atoms with Crippen molar-refractivity contribution in [1.82, 2.24) is 4.90 Å². The summed E-state index contributed by atoms with van der Waals surface area (Å²) in [4.78, 5) is 15.6. The fourth-order valence-corrected chi connectivity index (χ4v) is 5.99. The van der Waals surface area contributed by atoms with Crippen molar-refractivity contribution >= 4 is 5.78 Å². The zero-order valence-corrected chi connectivity index (χ0v) is 12.6. The number of Topliss-reactive ketones (excluding diaryl/α,β-unsaturated/α-hetero) is 1. The molecule has 3 heteroatoms. The number of morpholine rings is 1. The molecule has 1 heterocycles. The molecule has 5 fully saturated rings. The van der Waals surface area contributed by atoms with Crippen LogP contribution in [0.4, 0.5) is 0 Å². The smallest absolute Gasteiger partial charge is 0.155 e. The van der Waals surface area contributed by atoms with Gasteiger partial charge in [0.05, 0.1) is 19.3 Å². The summed E-state index contributed by atoms with van der Waals surface area (Å²) in [6.07, 6.45) is 7.85. The number of carbonyl (C=O) groups is 1. The summed E-state index contributed by atoms with van der Waals surface area (Å²) in [5.74, 6) is 3.16. The fraction of sp³-hybridized carbons (Fsp3) is 0.941. The molecule has 0 N–H and O–H groups in total. The van der Waals surface area contributed by atoms with E-state index >= 15 is 0 Å². The topological polar surface area (TPSA) is 29.5 Å². The third-order valence-electron chi connectivity index (χ3n) is 6.53. The molecule has 20 heavy (non-hydrogen) atoms. The van der Waals surface area contributed by atoms with Crippen LogP contribution in [0.25, 0.3) is 0 Å². The van der Waals surface area contributed by atoms with E-state index in [2.05, 4.69) is 11.8 Å². The third kappa shape index (κ3) is 2.05. The molecule has 4 saturated carbocycles. The van der Waals surface area contributed by atoms with E-state index in [1.807, 2.05) is 0 Å². The quantitative estimate of drug-likeness (QED) is 0.794. The van der Waals surface area contributed by atoms with Crippen molar-refractivity contribution in [3.63, 3.8) is 0 Å². The van der Waals surface area contributed by atoms with Crippen LogP contribution in [-0.2, 0) is 9.53 Å². The van der Waals surface area contributed by atoms with E-state index in [4.69, 9.17) is 4.74 Å². The number of ketones is 1. The van der Waals surface area contributed by atoms with Crippen molar-refractivity contribution in [1.29, 1.82) is 0 Å². The highest BCUT2D eigenvalue weighted by molar-refractivity contribution is 5.89. The minimum atomic E-state index is 0.0620. The molecule has 1 aliphatic heterocycles. The molecular weight excluding hydrogens is 250 g/mol. The predicted molar refractivity (Wildman–Crippen MR) is 77.5 cm³/mol. The molecule has 4 bridgehead atoms. The molecule has 0 aromatic rings. The standard InChI is InChI=1S/C17H27NO2/c1-12(18-2-4-20-5-3-18)16(19)17-9-13-6-14(10-17)8-15(7-13)11-17/h12-15H,2-11H2,1H3/t12-,13?,14?,15?,17?/m0/s1. The summed E-state index contributed by atoms with van der Waals surface area (Å²) in [5.41, 5.74) is 0.0620.